The van der Waals surface area contributed by atoms with Gasteiger partial charge < -0.3 is 9.15 Å². The molecule has 0 aliphatic rings. The van der Waals surface area contributed by atoms with E-state index in [0.29, 0.717) is 39.1 Å². The zero-order valence-corrected chi connectivity index (χ0v) is 24.2. The maximum atomic E-state index is 13.8. The number of rotatable bonds is 6. The van der Waals surface area contributed by atoms with Crippen LogP contribution in [0.4, 0.5) is 0 Å². The Bertz CT molecular complexity index is 2310. The molecule has 0 amide bonds. The molecule has 7 nitrogen and oxygen atoms in total. The Morgan fingerprint density at radius 3 is 2.58 bits per heavy atom. The van der Waals surface area contributed by atoms with E-state index in [1.807, 2.05) is 84.9 Å². The van der Waals surface area contributed by atoms with Crippen LogP contribution in [0.1, 0.15) is 16.7 Å². The summed E-state index contributed by atoms with van der Waals surface area (Å²) in [6, 6.07) is 36.0. The summed E-state index contributed by atoms with van der Waals surface area (Å²) in [4.78, 5) is 18.6. The molecule has 0 N–H and O–H groups in total. The van der Waals surface area contributed by atoms with Crippen molar-refractivity contribution in [1.82, 2.24) is 9.66 Å². The van der Waals surface area contributed by atoms with Crippen LogP contribution in [0.15, 0.2) is 128 Å². The first-order valence-electron chi connectivity index (χ1n) is 13.5. The molecule has 2 aromatic heterocycles. The molecule has 206 valence electrons. The van der Waals surface area contributed by atoms with E-state index in [1.165, 1.54) is 4.68 Å². The van der Waals surface area contributed by atoms with Gasteiger partial charge in [0.25, 0.3) is 5.56 Å². The lowest BCUT2D eigenvalue weighted by Gasteiger charge is -2.13. The van der Waals surface area contributed by atoms with Crippen LogP contribution >= 0.6 is 15.9 Å². The van der Waals surface area contributed by atoms with Gasteiger partial charge in [0.15, 0.2) is 5.76 Å². The van der Waals surface area contributed by atoms with E-state index in [9.17, 15) is 10.1 Å². The third-order valence-electron chi connectivity index (χ3n) is 7.21. The molecule has 0 radical (unpaired) electrons. The molecule has 0 spiro atoms. The first-order valence-corrected chi connectivity index (χ1v) is 14.3. The van der Waals surface area contributed by atoms with Crippen LogP contribution in [0.5, 0.6) is 5.75 Å². The number of hydrogen-bond donors (Lipinski definition) is 0. The lowest BCUT2D eigenvalue weighted by molar-refractivity contribution is 0.306. The summed E-state index contributed by atoms with van der Waals surface area (Å²) < 4.78 is 14.6. The van der Waals surface area contributed by atoms with Crippen LogP contribution in [0.25, 0.3) is 44.2 Å². The smallest absolute Gasteiger partial charge is 0.282 e. The zero-order valence-electron chi connectivity index (χ0n) is 22.6. The molecule has 7 aromatic rings. The van der Waals surface area contributed by atoms with Gasteiger partial charge in [-0.2, -0.15) is 15.0 Å². The quantitative estimate of drug-likeness (QED) is 0.174. The minimum absolute atomic E-state index is 0.195. The van der Waals surface area contributed by atoms with Crippen LogP contribution in [0.2, 0.25) is 0 Å². The molecule has 0 bridgehead atoms. The van der Waals surface area contributed by atoms with E-state index < -0.39 is 0 Å². The van der Waals surface area contributed by atoms with Crippen molar-refractivity contribution in [2.45, 2.75) is 6.61 Å². The van der Waals surface area contributed by atoms with E-state index >= 15 is 0 Å². The van der Waals surface area contributed by atoms with Crippen molar-refractivity contribution in [2.75, 3.05) is 0 Å². The second-order valence-corrected chi connectivity index (χ2v) is 10.8. The summed E-state index contributed by atoms with van der Waals surface area (Å²) in [6.07, 6.45) is 1.62. The third-order valence-corrected chi connectivity index (χ3v) is 7.70. The van der Waals surface area contributed by atoms with Crippen molar-refractivity contribution >= 4 is 54.8 Å². The summed E-state index contributed by atoms with van der Waals surface area (Å²) in [7, 11) is 0. The average Bonchev–Trinajstić information content (AvgIpc) is 3.46. The van der Waals surface area contributed by atoms with Gasteiger partial charge >= 0.3 is 0 Å². The minimum atomic E-state index is -0.330. The van der Waals surface area contributed by atoms with Gasteiger partial charge in [0.2, 0.25) is 5.82 Å². The Labute approximate surface area is 254 Å². The molecular formula is C35H21BrN4O3. The standard InChI is InChI=1S/C35H21BrN4O3/c36-26-14-16-31-25(17-26)18-33(43-31)34-39-30-12-6-5-11-28(30)35(41)40(34)38-20-29-27-10-4-3-7-22(27)13-15-32(29)42-21-24-9-2-1-8-23(24)19-37/h1-18,20H,21H2. The fourth-order valence-electron chi connectivity index (χ4n) is 5.08. The monoisotopic (exact) mass is 624 g/mol. The number of para-hydroxylation sites is 1. The topological polar surface area (TPSA) is 93.4 Å². The number of furan rings is 1. The highest BCUT2D eigenvalue weighted by molar-refractivity contribution is 9.10. The normalized spacial score (nSPS) is 11.4. The van der Waals surface area contributed by atoms with Crippen molar-refractivity contribution in [3.8, 4) is 23.4 Å². The highest BCUT2D eigenvalue weighted by atomic mass is 79.9. The highest BCUT2D eigenvalue weighted by Crippen LogP contribution is 2.31. The number of hydrogen-bond acceptors (Lipinski definition) is 6. The summed E-state index contributed by atoms with van der Waals surface area (Å²) >= 11 is 3.51. The number of nitrogens with zero attached hydrogens (tertiary/aromatic N) is 4. The fourth-order valence-corrected chi connectivity index (χ4v) is 5.45. The molecule has 0 fully saturated rings. The van der Waals surface area contributed by atoms with Gasteiger partial charge in [0, 0.05) is 21.0 Å². The summed E-state index contributed by atoms with van der Waals surface area (Å²) in [5.74, 6) is 1.25. The second kappa shape index (κ2) is 11.0. The molecule has 0 unspecified atom stereocenters. The maximum absolute atomic E-state index is 13.8. The molecule has 7 rings (SSSR count). The number of ether oxygens (including phenoxy) is 1. The summed E-state index contributed by atoms with van der Waals surface area (Å²) in [5.41, 5.74) is 2.89. The van der Waals surface area contributed by atoms with Crippen LogP contribution in [-0.2, 0) is 6.61 Å². The zero-order chi connectivity index (χ0) is 29.3. The van der Waals surface area contributed by atoms with Gasteiger partial charge in [0.05, 0.1) is 28.8 Å². The first-order chi connectivity index (χ1) is 21.1. The van der Waals surface area contributed by atoms with Crippen LogP contribution in [-0.4, -0.2) is 15.9 Å². The Hall–Kier alpha value is -5.52. The Balaban J connectivity index is 1.38. The molecular weight excluding hydrogens is 604 g/mol. The highest BCUT2D eigenvalue weighted by Gasteiger charge is 2.17. The third kappa shape index (κ3) is 4.96. The van der Waals surface area contributed by atoms with Gasteiger partial charge in [-0.15, -0.1) is 0 Å². The molecule has 0 atom stereocenters. The van der Waals surface area contributed by atoms with Gasteiger partial charge in [-0.1, -0.05) is 76.6 Å². The Kier molecular flexibility index (Phi) is 6.78. The molecule has 0 aliphatic carbocycles. The lowest BCUT2D eigenvalue weighted by atomic mass is 10.0. The van der Waals surface area contributed by atoms with Gasteiger partial charge in [0.1, 0.15) is 17.9 Å². The van der Waals surface area contributed by atoms with Crippen molar-refractivity contribution in [3.05, 3.63) is 141 Å². The molecule has 2 heterocycles. The van der Waals surface area contributed by atoms with E-state index in [1.54, 1.807) is 30.5 Å². The largest absolute Gasteiger partial charge is 0.488 e. The van der Waals surface area contributed by atoms with E-state index in [-0.39, 0.29) is 18.0 Å². The molecule has 0 aliphatic heterocycles. The predicted octanol–water partition coefficient (Wildman–Crippen LogP) is 8.06. The summed E-state index contributed by atoms with van der Waals surface area (Å²) in [6.45, 7) is 0.195. The molecule has 0 saturated heterocycles. The van der Waals surface area contributed by atoms with E-state index in [0.717, 1.165) is 26.2 Å². The molecule has 0 saturated carbocycles. The maximum Gasteiger partial charge on any atom is 0.282 e. The van der Waals surface area contributed by atoms with E-state index in [4.69, 9.17) is 19.2 Å². The Morgan fingerprint density at radius 1 is 0.907 bits per heavy atom. The Morgan fingerprint density at radius 2 is 1.70 bits per heavy atom. The number of halogens is 1. The van der Waals surface area contributed by atoms with Crippen molar-refractivity contribution in [2.24, 2.45) is 5.10 Å². The van der Waals surface area contributed by atoms with Gasteiger partial charge in [-0.05, 0) is 59.3 Å². The van der Waals surface area contributed by atoms with Gasteiger partial charge in [-0.3, -0.25) is 4.79 Å². The minimum Gasteiger partial charge on any atom is -0.488 e. The van der Waals surface area contributed by atoms with Crippen LogP contribution < -0.4 is 10.3 Å². The van der Waals surface area contributed by atoms with Crippen LogP contribution in [0.3, 0.4) is 0 Å². The van der Waals surface area contributed by atoms with Crippen molar-refractivity contribution < 1.29 is 9.15 Å². The number of aromatic nitrogens is 2. The number of nitriles is 1. The number of benzene rings is 5. The lowest BCUT2D eigenvalue weighted by Crippen LogP contribution is -2.20. The average molecular weight is 625 g/mol. The SMILES string of the molecule is N#Cc1ccccc1COc1ccc2ccccc2c1C=Nn1c(-c2cc3cc(Br)ccc3o2)nc2ccccc2c1=O. The van der Waals surface area contributed by atoms with Crippen LogP contribution in [0, 0.1) is 11.3 Å². The molecule has 8 heteroatoms. The van der Waals surface area contributed by atoms with Crippen molar-refractivity contribution in [3.63, 3.8) is 0 Å². The fraction of sp³-hybridized carbons (Fsp3) is 0.0286. The first kappa shape index (κ1) is 26.4. The van der Waals surface area contributed by atoms with Crippen molar-refractivity contribution in [1.29, 1.82) is 5.26 Å². The van der Waals surface area contributed by atoms with Gasteiger partial charge in [-0.25, -0.2) is 4.98 Å². The van der Waals surface area contributed by atoms with E-state index in [2.05, 4.69) is 22.0 Å². The second-order valence-electron chi connectivity index (χ2n) is 9.86. The predicted molar refractivity (Wildman–Crippen MR) is 171 cm³/mol. The molecule has 5 aromatic carbocycles. The molecule has 43 heavy (non-hydrogen) atoms. The number of fused-ring (bicyclic) bond motifs is 3. The summed E-state index contributed by atoms with van der Waals surface area (Å²) in [5, 5.41) is 17.4.